The summed E-state index contributed by atoms with van der Waals surface area (Å²) in [4.78, 5) is 12.8. The molecule has 158 valence electrons. The maximum Gasteiger partial charge on any atom is 0.251 e. The highest BCUT2D eigenvalue weighted by Gasteiger charge is 2.27. The van der Waals surface area contributed by atoms with E-state index in [0.29, 0.717) is 18.8 Å². The van der Waals surface area contributed by atoms with Crippen LogP contribution in [0.3, 0.4) is 0 Å². The quantitative estimate of drug-likeness (QED) is 0.673. The van der Waals surface area contributed by atoms with Crippen molar-refractivity contribution in [1.82, 2.24) is 9.62 Å². The van der Waals surface area contributed by atoms with Crippen molar-refractivity contribution < 1.29 is 22.7 Å². The molecule has 1 N–H and O–H groups in total. The maximum absolute atomic E-state index is 13.0. The van der Waals surface area contributed by atoms with E-state index in [1.54, 1.807) is 27.0 Å². The van der Waals surface area contributed by atoms with Gasteiger partial charge in [-0.2, -0.15) is 4.31 Å². The molecule has 0 heterocycles. The van der Waals surface area contributed by atoms with E-state index in [0.717, 1.165) is 5.56 Å². The fraction of sp³-hybridized carbons (Fsp3) is 0.381. The van der Waals surface area contributed by atoms with Crippen molar-refractivity contribution in [2.24, 2.45) is 0 Å². The van der Waals surface area contributed by atoms with Gasteiger partial charge in [-0.3, -0.25) is 4.79 Å². The van der Waals surface area contributed by atoms with Crippen molar-refractivity contribution in [2.75, 3.05) is 27.3 Å². The molecule has 2 rings (SSSR count). The summed E-state index contributed by atoms with van der Waals surface area (Å²) >= 11 is 0. The molecular formula is C21H28N2O5S. The van der Waals surface area contributed by atoms with E-state index in [4.69, 9.17) is 9.47 Å². The Morgan fingerprint density at radius 1 is 1.03 bits per heavy atom. The van der Waals surface area contributed by atoms with Gasteiger partial charge in [0.1, 0.15) is 16.4 Å². The molecule has 8 heteroatoms. The van der Waals surface area contributed by atoms with Crippen LogP contribution in [-0.4, -0.2) is 45.9 Å². The summed E-state index contributed by atoms with van der Waals surface area (Å²) in [6.07, 6.45) is 0. The van der Waals surface area contributed by atoms with Crippen LogP contribution in [0, 0.1) is 0 Å². The second-order valence-corrected chi connectivity index (χ2v) is 8.30. The van der Waals surface area contributed by atoms with Gasteiger partial charge in [-0.15, -0.1) is 0 Å². The molecule has 0 aliphatic carbocycles. The van der Waals surface area contributed by atoms with Crippen LogP contribution in [0.1, 0.15) is 42.7 Å². The number of hydrogen-bond donors (Lipinski definition) is 1. The smallest absolute Gasteiger partial charge is 0.251 e. The predicted molar refractivity (Wildman–Crippen MR) is 112 cm³/mol. The minimum Gasteiger partial charge on any atom is -0.496 e. The van der Waals surface area contributed by atoms with Crippen LogP contribution in [0.15, 0.2) is 47.4 Å². The second-order valence-electron chi connectivity index (χ2n) is 6.39. The Balaban J connectivity index is 2.37. The Labute approximate surface area is 172 Å². The number of carbonyl (C=O) groups excluding carboxylic acids is 1. The van der Waals surface area contributed by atoms with E-state index in [-0.39, 0.29) is 28.2 Å². The van der Waals surface area contributed by atoms with Gasteiger partial charge in [-0.05, 0) is 31.2 Å². The van der Waals surface area contributed by atoms with E-state index in [9.17, 15) is 13.2 Å². The van der Waals surface area contributed by atoms with Crippen molar-refractivity contribution in [3.63, 3.8) is 0 Å². The van der Waals surface area contributed by atoms with Crippen molar-refractivity contribution >= 4 is 15.9 Å². The van der Waals surface area contributed by atoms with E-state index in [1.165, 1.54) is 23.5 Å². The number of para-hydroxylation sites is 1. The van der Waals surface area contributed by atoms with Crippen molar-refractivity contribution in [3.8, 4) is 11.5 Å². The number of hydrogen-bond acceptors (Lipinski definition) is 5. The Hall–Kier alpha value is -2.58. The van der Waals surface area contributed by atoms with Gasteiger partial charge in [0.25, 0.3) is 5.91 Å². The summed E-state index contributed by atoms with van der Waals surface area (Å²) in [5, 5.41) is 2.89. The number of benzene rings is 2. The van der Waals surface area contributed by atoms with Gasteiger partial charge in [-0.25, -0.2) is 8.42 Å². The van der Waals surface area contributed by atoms with Gasteiger partial charge in [0.2, 0.25) is 10.0 Å². The third-order valence-electron chi connectivity index (χ3n) is 4.70. The zero-order valence-corrected chi connectivity index (χ0v) is 18.2. The average Bonchev–Trinajstić information content (AvgIpc) is 2.73. The van der Waals surface area contributed by atoms with Crippen molar-refractivity contribution in [2.45, 2.75) is 31.7 Å². The topological polar surface area (TPSA) is 84.9 Å². The Morgan fingerprint density at radius 3 is 2.24 bits per heavy atom. The van der Waals surface area contributed by atoms with Gasteiger partial charge >= 0.3 is 0 Å². The van der Waals surface area contributed by atoms with Crippen LogP contribution >= 0.6 is 0 Å². The molecule has 0 radical (unpaired) electrons. The lowest BCUT2D eigenvalue weighted by molar-refractivity contribution is 0.0939. The molecule has 0 bridgehead atoms. The van der Waals surface area contributed by atoms with E-state index in [2.05, 4.69) is 5.32 Å². The minimum absolute atomic E-state index is 0.0266. The molecule has 0 saturated heterocycles. The number of methoxy groups -OCH3 is 2. The van der Waals surface area contributed by atoms with Crippen LogP contribution in [-0.2, 0) is 10.0 Å². The molecule has 0 aliphatic heterocycles. The molecule has 0 fully saturated rings. The molecule has 0 spiro atoms. The first-order valence-electron chi connectivity index (χ1n) is 9.42. The maximum atomic E-state index is 13.0. The third kappa shape index (κ3) is 4.89. The van der Waals surface area contributed by atoms with E-state index >= 15 is 0 Å². The SMILES string of the molecule is CCN(CC)S(=O)(=O)c1cc(C(=O)N[C@@H](C)c2ccccc2OC)ccc1OC. The number of rotatable bonds is 9. The highest BCUT2D eigenvalue weighted by molar-refractivity contribution is 7.89. The summed E-state index contributed by atoms with van der Waals surface area (Å²) in [7, 11) is -0.809. The van der Waals surface area contributed by atoms with Crippen molar-refractivity contribution in [1.29, 1.82) is 0 Å². The molecule has 1 amide bonds. The highest BCUT2D eigenvalue weighted by Crippen LogP contribution is 2.29. The second kappa shape index (κ2) is 9.76. The number of nitrogens with zero attached hydrogens (tertiary/aromatic N) is 1. The standard InChI is InChI=1S/C21H28N2O5S/c1-6-23(7-2)29(25,26)20-14-16(12-13-19(20)28-5)21(24)22-15(3)17-10-8-9-11-18(17)27-4/h8-15H,6-7H2,1-5H3,(H,22,24)/t15-/m0/s1. The fourth-order valence-corrected chi connectivity index (χ4v) is 4.74. The lowest BCUT2D eigenvalue weighted by atomic mass is 10.1. The summed E-state index contributed by atoms with van der Waals surface area (Å²) < 4.78 is 37.8. The Kier molecular flexibility index (Phi) is 7.64. The number of ether oxygens (including phenoxy) is 2. The number of nitrogens with one attached hydrogen (secondary N) is 1. The van der Waals surface area contributed by atoms with Crippen LogP contribution < -0.4 is 14.8 Å². The summed E-state index contributed by atoms with van der Waals surface area (Å²) in [5.41, 5.74) is 1.06. The number of amides is 1. The Bertz CT molecular complexity index is 955. The molecule has 7 nitrogen and oxygen atoms in total. The number of sulfonamides is 1. The zero-order valence-electron chi connectivity index (χ0n) is 17.4. The first kappa shape index (κ1) is 22.7. The molecule has 29 heavy (non-hydrogen) atoms. The molecule has 2 aromatic rings. The molecule has 0 saturated carbocycles. The number of carbonyl (C=O) groups is 1. The lowest BCUT2D eigenvalue weighted by Gasteiger charge is -2.21. The average molecular weight is 421 g/mol. The summed E-state index contributed by atoms with van der Waals surface area (Å²) in [5.74, 6) is 0.480. The van der Waals surface area contributed by atoms with E-state index in [1.807, 2.05) is 31.2 Å². The normalized spacial score (nSPS) is 12.5. The Morgan fingerprint density at radius 2 is 1.66 bits per heavy atom. The van der Waals surface area contributed by atoms with Crippen LogP contribution in [0.4, 0.5) is 0 Å². The molecule has 2 aromatic carbocycles. The minimum atomic E-state index is -3.78. The first-order valence-corrected chi connectivity index (χ1v) is 10.9. The lowest BCUT2D eigenvalue weighted by Crippen LogP contribution is -2.31. The molecule has 0 aliphatic rings. The fourth-order valence-electron chi connectivity index (χ4n) is 3.10. The molecule has 0 aromatic heterocycles. The third-order valence-corrected chi connectivity index (χ3v) is 6.77. The van der Waals surface area contributed by atoms with Gasteiger partial charge in [0.15, 0.2) is 0 Å². The molecule has 0 unspecified atom stereocenters. The summed E-state index contributed by atoms with van der Waals surface area (Å²) in [6, 6.07) is 11.5. The monoisotopic (exact) mass is 420 g/mol. The van der Waals surface area contributed by atoms with Crippen LogP contribution in [0.5, 0.6) is 11.5 Å². The van der Waals surface area contributed by atoms with Crippen LogP contribution in [0.2, 0.25) is 0 Å². The van der Waals surface area contributed by atoms with Gasteiger partial charge in [0.05, 0.1) is 20.3 Å². The zero-order chi connectivity index (χ0) is 21.6. The first-order chi connectivity index (χ1) is 13.8. The van der Waals surface area contributed by atoms with Gasteiger partial charge < -0.3 is 14.8 Å². The molecule has 1 atom stereocenters. The molecular weight excluding hydrogens is 392 g/mol. The highest BCUT2D eigenvalue weighted by atomic mass is 32.2. The summed E-state index contributed by atoms with van der Waals surface area (Å²) in [6.45, 7) is 6.01. The predicted octanol–water partition coefficient (Wildman–Crippen LogP) is 3.23. The largest absolute Gasteiger partial charge is 0.496 e. The van der Waals surface area contributed by atoms with Crippen LogP contribution in [0.25, 0.3) is 0 Å². The van der Waals surface area contributed by atoms with Crippen molar-refractivity contribution in [3.05, 3.63) is 53.6 Å². The van der Waals surface area contributed by atoms with E-state index < -0.39 is 10.0 Å². The van der Waals surface area contributed by atoms with Gasteiger partial charge in [0, 0.05) is 24.2 Å². The van der Waals surface area contributed by atoms with Gasteiger partial charge in [-0.1, -0.05) is 32.0 Å².